The fourth-order valence-electron chi connectivity index (χ4n) is 2.91. The number of fused-ring (bicyclic) bond motifs is 1. The zero-order chi connectivity index (χ0) is 19.6. The van der Waals surface area contributed by atoms with Gasteiger partial charge in [0.05, 0.1) is 24.0 Å². The Kier molecular flexibility index (Phi) is 4.85. The van der Waals surface area contributed by atoms with E-state index in [1.54, 1.807) is 62.4 Å². The van der Waals surface area contributed by atoms with Crippen molar-refractivity contribution in [1.29, 1.82) is 0 Å². The van der Waals surface area contributed by atoms with Gasteiger partial charge in [0.25, 0.3) is 5.91 Å². The van der Waals surface area contributed by atoms with E-state index in [0.717, 1.165) is 0 Å². The number of nitrogens with zero attached hydrogens (tertiary/aromatic N) is 1. The van der Waals surface area contributed by atoms with Gasteiger partial charge in [-0.3, -0.25) is 14.5 Å². The first-order chi connectivity index (χ1) is 12.8. The highest BCUT2D eigenvalue weighted by molar-refractivity contribution is 6.14. The third-order valence-corrected chi connectivity index (χ3v) is 4.39. The normalized spacial score (nSPS) is 14.8. The molecule has 2 aromatic rings. The molecule has 27 heavy (non-hydrogen) atoms. The third kappa shape index (κ3) is 3.48. The van der Waals surface area contributed by atoms with Crippen molar-refractivity contribution in [2.24, 2.45) is 0 Å². The maximum absolute atomic E-state index is 12.9. The van der Waals surface area contributed by atoms with Crippen LogP contribution in [-0.2, 0) is 14.3 Å². The van der Waals surface area contributed by atoms with Crippen molar-refractivity contribution >= 4 is 29.2 Å². The smallest absolute Gasteiger partial charge is 0.337 e. The van der Waals surface area contributed by atoms with Crippen LogP contribution < -0.4 is 15.0 Å². The molecule has 0 spiro atoms. The fraction of sp³-hybridized carbons (Fsp3) is 0.250. The molecule has 0 saturated heterocycles. The van der Waals surface area contributed by atoms with Gasteiger partial charge in [0.2, 0.25) is 5.91 Å². The van der Waals surface area contributed by atoms with Crippen molar-refractivity contribution < 1.29 is 23.9 Å². The fourth-order valence-corrected chi connectivity index (χ4v) is 2.91. The van der Waals surface area contributed by atoms with Gasteiger partial charge in [0.15, 0.2) is 6.61 Å². The summed E-state index contributed by atoms with van der Waals surface area (Å²) >= 11 is 0. The number of carbonyl (C=O) groups excluding carboxylic acids is 3. The highest BCUT2D eigenvalue weighted by Crippen LogP contribution is 2.36. The molecule has 7 heteroatoms. The predicted molar refractivity (Wildman–Crippen MR) is 99.9 cm³/mol. The molecule has 2 aromatic carbocycles. The molecule has 1 aliphatic heterocycles. The van der Waals surface area contributed by atoms with Crippen molar-refractivity contribution in [2.45, 2.75) is 19.4 Å². The molecule has 0 aliphatic carbocycles. The van der Waals surface area contributed by atoms with Crippen LogP contribution in [0.5, 0.6) is 5.75 Å². The van der Waals surface area contributed by atoms with E-state index < -0.39 is 11.5 Å². The van der Waals surface area contributed by atoms with Crippen LogP contribution in [-0.4, -0.2) is 37.0 Å². The van der Waals surface area contributed by atoms with Crippen LogP contribution in [0.2, 0.25) is 0 Å². The second kappa shape index (κ2) is 7.11. The molecule has 0 fully saturated rings. The van der Waals surface area contributed by atoms with E-state index in [9.17, 15) is 14.4 Å². The monoisotopic (exact) mass is 368 g/mol. The minimum atomic E-state index is -1.05. The van der Waals surface area contributed by atoms with Crippen LogP contribution in [0, 0.1) is 0 Å². The maximum Gasteiger partial charge on any atom is 0.337 e. The van der Waals surface area contributed by atoms with Crippen LogP contribution in [0.4, 0.5) is 11.4 Å². The first-order valence-electron chi connectivity index (χ1n) is 8.39. The number of benzene rings is 2. The van der Waals surface area contributed by atoms with Crippen LogP contribution in [0.3, 0.4) is 0 Å². The molecule has 3 rings (SSSR count). The lowest BCUT2D eigenvalue weighted by Gasteiger charge is -2.41. The summed E-state index contributed by atoms with van der Waals surface area (Å²) < 4.78 is 10.2. The largest absolute Gasteiger partial charge is 0.484 e. The standard InChI is InChI=1S/C20H20N2O5/c1-20(2)19(25)21-15-6-4-5-7-16(15)22(20)17(23)12-27-14-10-8-13(9-11-14)18(24)26-3/h4-11H,12H2,1-3H3,(H,21,25). The van der Waals surface area contributed by atoms with Crippen molar-refractivity contribution in [1.82, 2.24) is 0 Å². The number of hydrogen-bond donors (Lipinski definition) is 1. The Morgan fingerprint density at radius 3 is 2.41 bits per heavy atom. The Hall–Kier alpha value is -3.35. The molecule has 0 unspecified atom stereocenters. The topological polar surface area (TPSA) is 84.9 Å². The lowest BCUT2D eigenvalue weighted by molar-refractivity contribution is -0.127. The lowest BCUT2D eigenvalue weighted by atomic mass is 9.96. The zero-order valence-corrected chi connectivity index (χ0v) is 15.3. The molecule has 0 atom stereocenters. The average molecular weight is 368 g/mol. The molecular formula is C20H20N2O5. The van der Waals surface area contributed by atoms with Gasteiger partial charge in [-0.15, -0.1) is 0 Å². The highest BCUT2D eigenvalue weighted by atomic mass is 16.5. The Morgan fingerprint density at radius 2 is 1.74 bits per heavy atom. The van der Waals surface area contributed by atoms with Gasteiger partial charge < -0.3 is 14.8 Å². The number of methoxy groups -OCH3 is 1. The summed E-state index contributed by atoms with van der Waals surface area (Å²) in [6, 6.07) is 13.4. The van der Waals surface area contributed by atoms with E-state index >= 15 is 0 Å². The molecule has 1 heterocycles. The highest BCUT2D eigenvalue weighted by Gasteiger charge is 2.43. The van der Waals surface area contributed by atoms with Crippen LogP contribution in [0.1, 0.15) is 24.2 Å². The molecule has 1 aliphatic rings. The number of para-hydroxylation sites is 2. The van der Waals surface area contributed by atoms with E-state index in [1.165, 1.54) is 12.0 Å². The molecule has 0 radical (unpaired) electrons. The van der Waals surface area contributed by atoms with E-state index in [2.05, 4.69) is 10.1 Å². The maximum atomic E-state index is 12.9. The Bertz CT molecular complexity index is 890. The number of nitrogens with one attached hydrogen (secondary N) is 1. The summed E-state index contributed by atoms with van der Waals surface area (Å²) in [6.45, 7) is 3.12. The van der Waals surface area contributed by atoms with Crippen molar-refractivity contribution in [3.63, 3.8) is 0 Å². The number of esters is 1. The number of carbonyl (C=O) groups is 3. The van der Waals surface area contributed by atoms with Gasteiger partial charge >= 0.3 is 5.97 Å². The summed E-state index contributed by atoms with van der Waals surface area (Å²) in [4.78, 5) is 38.2. The number of ether oxygens (including phenoxy) is 2. The third-order valence-electron chi connectivity index (χ3n) is 4.39. The summed E-state index contributed by atoms with van der Waals surface area (Å²) in [5, 5.41) is 2.81. The SMILES string of the molecule is COC(=O)c1ccc(OCC(=O)N2c3ccccc3NC(=O)C2(C)C)cc1. The summed E-state index contributed by atoms with van der Waals surface area (Å²) in [6.07, 6.45) is 0. The molecule has 0 aromatic heterocycles. The molecule has 0 bridgehead atoms. The average Bonchev–Trinajstić information content (AvgIpc) is 2.66. The van der Waals surface area contributed by atoms with Gasteiger partial charge in [-0.05, 0) is 50.2 Å². The molecule has 7 nitrogen and oxygen atoms in total. The molecule has 1 N–H and O–H groups in total. The van der Waals surface area contributed by atoms with Crippen molar-refractivity contribution in [2.75, 3.05) is 23.9 Å². The summed E-state index contributed by atoms with van der Waals surface area (Å²) in [7, 11) is 1.31. The van der Waals surface area contributed by atoms with Crippen molar-refractivity contribution in [3.05, 3.63) is 54.1 Å². The number of anilines is 2. The zero-order valence-electron chi connectivity index (χ0n) is 15.3. The van der Waals surface area contributed by atoms with E-state index in [-0.39, 0.29) is 18.4 Å². The Labute approximate surface area is 156 Å². The second-order valence-electron chi connectivity index (χ2n) is 6.56. The summed E-state index contributed by atoms with van der Waals surface area (Å²) in [5.74, 6) is -0.629. The molecular weight excluding hydrogens is 348 g/mol. The van der Waals surface area contributed by atoms with Crippen molar-refractivity contribution in [3.8, 4) is 5.75 Å². The molecule has 0 saturated carbocycles. The van der Waals surface area contributed by atoms with Gasteiger partial charge in [0.1, 0.15) is 11.3 Å². The van der Waals surface area contributed by atoms with Gasteiger partial charge in [-0.2, -0.15) is 0 Å². The predicted octanol–water partition coefficient (Wildman–Crippen LogP) is 2.62. The van der Waals surface area contributed by atoms with Gasteiger partial charge in [-0.1, -0.05) is 12.1 Å². The quantitative estimate of drug-likeness (QED) is 0.839. The summed E-state index contributed by atoms with van der Waals surface area (Å²) in [5.41, 5.74) is 0.539. The van der Waals surface area contributed by atoms with Crippen LogP contribution >= 0.6 is 0 Å². The minimum absolute atomic E-state index is 0.247. The van der Waals surface area contributed by atoms with E-state index in [4.69, 9.17) is 4.74 Å². The minimum Gasteiger partial charge on any atom is -0.484 e. The number of hydrogen-bond acceptors (Lipinski definition) is 5. The lowest BCUT2D eigenvalue weighted by Crippen LogP contribution is -2.59. The second-order valence-corrected chi connectivity index (χ2v) is 6.56. The Morgan fingerprint density at radius 1 is 1.07 bits per heavy atom. The van der Waals surface area contributed by atoms with Gasteiger partial charge in [0, 0.05) is 0 Å². The van der Waals surface area contributed by atoms with E-state index in [0.29, 0.717) is 22.7 Å². The number of rotatable bonds is 4. The van der Waals surface area contributed by atoms with Crippen LogP contribution in [0.25, 0.3) is 0 Å². The van der Waals surface area contributed by atoms with Gasteiger partial charge in [-0.25, -0.2) is 4.79 Å². The van der Waals surface area contributed by atoms with Crippen LogP contribution in [0.15, 0.2) is 48.5 Å². The molecule has 2 amide bonds. The van der Waals surface area contributed by atoms with E-state index in [1.807, 2.05) is 0 Å². The Balaban J connectivity index is 1.77. The number of amides is 2. The first-order valence-corrected chi connectivity index (χ1v) is 8.39. The first kappa shape index (κ1) is 18.4. The molecule has 140 valence electrons.